The zero-order valence-electron chi connectivity index (χ0n) is 14.0. The first-order valence-corrected chi connectivity index (χ1v) is 8.22. The Morgan fingerprint density at radius 2 is 2.12 bits per heavy atom. The van der Waals surface area contributed by atoms with Gasteiger partial charge in [-0.05, 0) is 13.3 Å². The molecule has 0 radical (unpaired) electrons. The van der Waals surface area contributed by atoms with Gasteiger partial charge in [0.15, 0.2) is 11.5 Å². The maximum Gasteiger partial charge on any atom is 0.319 e. The Hall–Kier alpha value is -2.97. The number of aromatic amines is 1. The van der Waals surface area contributed by atoms with E-state index < -0.39 is 0 Å². The number of urea groups is 1. The molecule has 2 heterocycles. The third kappa shape index (κ3) is 4.52. The molecule has 0 saturated heterocycles. The summed E-state index contributed by atoms with van der Waals surface area (Å²) in [5, 5.41) is 12.2. The van der Waals surface area contributed by atoms with Crippen LogP contribution in [0.4, 0.5) is 10.5 Å². The molecular weight excluding hydrogens is 326 g/mol. The molecule has 0 aliphatic carbocycles. The van der Waals surface area contributed by atoms with Crippen molar-refractivity contribution < 1.29 is 19.0 Å². The number of benzene rings is 1. The van der Waals surface area contributed by atoms with Gasteiger partial charge >= 0.3 is 6.03 Å². The van der Waals surface area contributed by atoms with Crippen molar-refractivity contribution in [2.75, 3.05) is 31.7 Å². The standard InChI is InChI=1S/C16H21N5O4/c1-2-23-12-9-14-13(24-6-7-25-14)8-11(12)20-16(22)17-5-3-4-15-18-10-19-21-15/h8-10H,2-7H2,1H3,(H2,17,20,22)(H,18,19,21). The summed E-state index contributed by atoms with van der Waals surface area (Å²) >= 11 is 0. The van der Waals surface area contributed by atoms with Gasteiger partial charge in [0.25, 0.3) is 0 Å². The normalized spacial score (nSPS) is 12.5. The highest BCUT2D eigenvalue weighted by molar-refractivity contribution is 5.91. The van der Waals surface area contributed by atoms with E-state index in [1.165, 1.54) is 6.33 Å². The number of ether oxygens (including phenoxy) is 3. The molecule has 1 aromatic heterocycles. The number of hydrogen-bond donors (Lipinski definition) is 3. The van der Waals surface area contributed by atoms with Gasteiger partial charge in [-0.25, -0.2) is 9.78 Å². The van der Waals surface area contributed by atoms with Gasteiger partial charge < -0.3 is 24.8 Å². The van der Waals surface area contributed by atoms with Crippen molar-refractivity contribution in [1.29, 1.82) is 0 Å². The van der Waals surface area contributed by atoms with Crippen LogP contribution in [0.2, 0.25) is 0 Å². The van der Waals surface area contributed by atoms with Gasteiger partial charge in [0.05, 0.1) is 12.3 Å². The number of fused-ring (bicyclic) bond motifs is 1. The van der Waals surface area contributed by atoms with E-state index in [1.54, 1.807) is 12.1 Å². The minimum atomic E-state index is -0.310. The second kappa shape index (κ2) is 8.22. The first-order valence-electron chi connectivity index (χ1n) is 8.22. The van der Waals surface area contributed by atoms with E-state index in [1.807, 2.05) is 6.92 Å². The summed E-state index contributed by atoms with van der Waals surface area (Å²) in [5.41, 5.74) is 0.541. The number of H-pyrrole nitrogens is 1. The first-order chi connectivity index (χ1) is 12.3. The van der Waals surface area contributed by atoms with Crippen LogP contribution in [-0.2, 0) is 6.42 Å². The van der Waals surface area contributed by atoms with Crippen LogP contribution in [0.15, 0.2) is 18.5 Å². The maximum absolute atomic E-state index is 12.1. The minimum absolute atomic E-state index is 0.310. The van der Waals surface area contributed by atoms with Crippen molar-refractivity contribution in [3.63, 3.8) is 0 Å². The molecule has 1 aromatic carbocycles. The molecule has 0 spiro atoms. The predicted molar refractivity (Wildman–Crippen MR) is 90.3 cm³/mol. The quantitative estimate of drug-likeness (QED) is 0.658. The van der Waals surface area contributed by atoms with E-state index >= 15 is 0 Å². The maximum atomic E-state index is 12.1. The van der Waals surface area contributed by atoms with E-state index in [2.05, 4.69) is 25.8 Å². The second-order valence-electron chi connectivity index (χ2n) is 5.34. The highest BCUT2D eigenvalue weighted by Crippen LogP contribution is 2.39. The summed E-state index contributed by atoms with van der Waals surface area (Å²) in [6.45, 7) is 3.85. The summed E-state index contributed by atoms with van der Waals surface area (Å²) in [6, 6.07) is 3.14. The molecule has 134 valence electrons. The summed E-state index contributed by atoms with van der Waals surface area (Å²) in [7, 11) is 0. The SMILES string of the molecule is CCOc1cc2c(cc1NC(=O)NCCCc1ncn[nH]1)OCCO2. The largest absolute Gasteiger partial charge is 0.492 e. The predicted octanol–water partition coefficient (Wildman–Crippen LogP) is 1.73. The van der Waals surface area contributed by atoms with Gasteiger partial charge in [-0.2, -0.15) is 5.10 Å². The van der Waals surface area contributed by atoms with Crippen molar-refractivity contribution in [1.82, 2.24) is 20.5 Å². The number of rotatable bonds is 7. The summed E-state index contributed by atoms with van der Waals surface area (Å²) in [4.78, 5) is 16.1. The number of aryl methyl sites for hydroxylation is 1. The molecule has 9 nitrogen and oxygen atoms in total. The zero-order chi connectivity index (χ0) is 17.5. The molecule has 1 aliphatic heterocycles. The van der Waals surface area contributed by atoms with Crippen molar-refractivity contribution in [3.05, 3.63) is 24.3 Å². The van der Waals surface area contributed by atoms with E-state index in [0.29, 0.717) is 55.7 Å². The average Bonchev–Trinajstić information content (AvgIpc) is 3.13. The lowest BCUT2D eigenvalue weighted by atomic mass is 10.2. The van der Waals surface area contributed by atoms with Gasteiger partial charge in [-0.15, -0.1) is 0 Å². The molecule has 0 fully saturated rings. The van der Waals surface area contributed by atoms with Gasteiger partial charge in [-0.3, -0.25) is 5.10 Å². The topological polar surface area (TPSA) is 110 Å². The average molecular weight is 347 g/mol. The second-order valence-corrected chi connectivity index (χ2v) is 5.34. The van der Waals surface area contributed by atoms with Gasteiger partial charge in [0.2, 0.25) is 0 Å². The molecule has 0 unspecified atom stereocenters. The Balaban J connectivity index is 1.55. The van der Waals surface area contributed by atoms with Crippen molar-refractivity contribution in [2.24, 2.45) is 0 Å². The molecule has 0 saturated carbocycles. The molecule has 3 N–H and O–H groups in total. The third-order valence-corrected chi connectivity index (χ3v) is 3.53. The fourth-order valence-electron chi connectivity index (χ4n) is 2.42. The molecule has 0 bridgehead atoms. The Morgan fingerprint density at radius 3 is 2.84 bits per heavy atom. The molecular formula is C16H21N5O4. The third-order valence-electron chi connectivity index (χ3n) is 3.53. The number of nitrogens with zero attached hydrogens (tertiary/aromatic N) is 2. The lowest BCUT2D eigenvalue weighted by molar-refractivity contribution is 0.170. The molecule has 0 atom stereocenters. The van der Waals surface area contributed by atoms with Crippen molar-refractivity contribution in [3.8, 4) is 17.2 Å². The van der Waals surface area contributed by atoms with Crippen LogP contribution in [-0.4, -0.2) is 47.6 Å². The Morgan fingerprint density at radius 1 is 1.32 bits per heavy atom. The van der Waals surface area contributed by atoms with E-state index in [9.17, 15) is 4.79 Å². The molecule has 9 heteroatoms. The van der Waals surface area contributed by atoms with Gasteiger partial charge in [0.1, 0.15) is 31.1 Å². The molecule has 1 aliphatic rings. The highest BCUT2D eigenvalue weighted by Gasteiger charge is 2.18. The molecule has 2 amide bonds. The smallest absolute Gasteiger partial charge is 0.319 e. The molecule has 25 heavy (non-hydrogen) atoms. The highest BCUT2D eigenvalue weighted by atomic mass is 16.6. The van der Waals surface area contributed by atoms with Crippen LogP contribution in [0.3, 0.4) is 0 Å². The van der Waals surface area contributed by atoms with E-state index in [0.717, 1.165) is 12.2 Å². The number of anilines is 1. The first kappa shape index (κ1) is 16.9. The fraction of sp³-hybridized carbons (Fsp3) is 0.438. The van der Waals surface area contributed by atoms with Crippen LogP contribution in [0.1, 0.15) is 19.2 Å². The Labute approximate surface area is 145 Å². The summed E-state index contributed by atoms with van der Waals surface area (Å²) in [5.74, 6) is 2.55. The van der Waals surface area contributed by atoms with Crippen LogP contribution in [0.25, 0.3) is 0 Å². The van der Waals surface area contributed by atoms with Crippen LogP contribution in [0.5, 0.6) is 17.2 Å². The van der Waals surface area contributed by atoms with Gasteiger partial charge in [-0.1, -0.05) is 0 Å². The van der Waals surface area contributed by atoms with Crippen LogP contribution < -0.4 is 24.8 Å². The number of amides is 2. The zero-order valence-corrected chi connectivity index (χ0v) is 14.0. The number of hydrogen-bond acceptors (Lipinski definition) is 6. The van der Waals surface area contributed by atoms with Gasteiger partial charge in [0, 0.05) is 25.1 Å². The summed E-state index contributed by atoms with van der Waals surface area (Å²) in [6.07, 6.45) is 2.93. The molecule has 2 aromatic rings. The summed E-state index contributed by atoms with van der Waals surface area (Å²) < 4.78 is 16.7. The number of nitrogens with one attached hydrogen (secondary N) is 3. The van der Waals surface area contributed by atoms with Crippen LogP contribution in [0, 0.1) is 0 Å². The molecule has 3 rings (SSSR count). The minimum Gasteiger partial charge on any atom is -0.492 e. The number of carbonyl (C=O) groups is 1. The van der Waals surface area contributed by atoms with Crippen molar-refractivity contribution in [2.45, 2.75) is 19.8 Å². The number of carbonyl (C=O) groups excluding carboxylic acids is 1. The van der Waals surface area contributed by atoms with E-state index in [4.69, 9.17) is 14.2 Å². The monoisotopic (exact) mass is 347 g/mol. The number of aromatic nitrogens is 3. The fourth-order valence-corrected chi connectivity index (χ4v) is 2.42. The van der Waals surface area contributed by atoms with Crippen LogP contribution >= 0.6 is 0 Å². The van der Waals surface area contributed by atoms with Crippen molar-refractivity contribution >= 4 is 11.7 Å². The Kier molecular flexibility index (Phi) is 5.55. The lowest BCUT2D eigenvalue weighted by Gasteiger charge is -2.21. The lowest BCUT2D eigenvalue weighted by Crippen LogP contribution is -2.30. The Bertz CT molecular complexity index is 705. The van der Waals surface area contributed by atoms with E-state index in [-0.39, 0.29) is 6.03 Å².